The summed E-state index contributed by atoms with van der Waals surface area (Å²) >= 11 is 0.992. The van der Waals surface area contributed by atoms with E-state index in [-0.39, 0.29) is 36.3 Å². The van der Waals surface area contributed by atoms with E-state index in [1.807, 2.05) is 12.1 Å². The van der Waals surface area contributed by atoms with Crippen molar-refractivity contribution >= 4 is 34.6 Å². The van der Waals surface area contributed by atoms with Gasteiger partial charge in [-0.05, 0) is 37.7 Å². The third kappa shape index (κ3) is 7.79. The zero-order valence-electron chi connectivity index (χ0n) is 19.5. The Morgan fingerprint density at radius 3 is 2.26 bits per heavy atom. The maximum atomic E-state index is 12.8. The number of nitrogens with two attached hydrogens (primary N) is 1. The highest BCUT2D eigenvalue weighted by molar-refractivity contribution is 8.17. The van der Waals surface area contributed by atoms with Crippen molar-refractivity contribution in [2.75, 3.05) is 12.3 Å². The third-order valence-corrected chi connectivity index (χ3v) is 6.09. The standard InChI is InChI=1S/C26H26N4O4S/c1-17(29-23(31)15-21-16-28-18(2)30-24(21)27)22(35-26(33)20-11-7-4-8-12-20)13-14-34-25(32)19-9-5-3-6-10-19/h3-12,16H,13-15H2,1-2H3,(H,29,31)(H2,27,28,30)/b22-17+. The molecule has 0 aliphatic carbocycles. The van der Waals surface area contributed by atoms with Crippen LogP contribution in [0.25, 0.3) is 0 Å². The molecule has 3 N–H and O–H groups in total. The summed E-state index contributed by atoms with van der Waals surface area (Å²) in [6, 6.07) is 17.5. The van der Waals surface area contributed by atoms with E-state index in [1.54, 1.807) is 62.4 Å². The first-order valence-corrected chi connectivity index (χ1v) is 11.7. The average Bonchev–Trinajstić information content (AvgIpc) is 2.86. The smallest absolute Gasteiger partial charge is 0.338 e. The van der Waals surface area contributed by atoms with Crippen molar-refractivity contribution in [1.29, 1.82) is 0 Å². The molecule has 1 heterocycles. The molecule has 0 unspecified atom stereocenters. The topological polar surface area (TPSA) is 124 Å². The summed E-state index contributed by atoms with van der Waals surface area (Å²) in [6.07, 6.45) is 1.76. The minimum absolute atomic E-state index is 0.0168. The number of esters is 1. The molecule has 0 fully saturated rings. The van der Waals surface area contributed by atoms with Crippen LogP contribution in [0.5, 0.6) is 0 Å². The summed E-state index contributed by atoms with van der Waals surface area (Å²) < 4.78 is 5.38. The number of carbonyl (C=O) groups is 3. The molecule has 0 saturated carbocycles. The van der Waals surface area contributed by atoms with Crippen molar-refractivity contribution in [2.45, 2.75) is 26.7 Å². The molecule has 8 nitrogen and oxygen atoms in total. The highest BCUT2D eigenvalue weighted by Crippen LogP contribution is 2.27. The van der Waals surface area contributed by atoms with E-state index < -0.39 is 5.97 Å². The quantitative estimate of drug-likeness (QED) is 0.430. The molecule has 0 aliphatic rings. The fraction of sp³-hybridized carbons (Fsp3) is 0.192. The van der Waals surface area contributed by atoms with Crippen molar-refractivity contribution in [2.24, 2.45) is 0 Å². The molecule has 0 aliphatic heterocycles. The zero-order chi connectivity index (χ0) is 25.2. The van der Waals surface area contributed by atoms with Crippen molar-refractivity contribution in [3.8, 4) is 0 Å². The lowest BCUT2D eigenvalue weighted by Gasteiger charge is -2.14. The monoisotopic (exact) mass is 490 g/mol. The van der Waals surface area contributed by atoms with Gasteiger partial charge in [0.2, 0.25) is 11.0 Å². The van der Waals surface area contributed by atoms with Gasteiger partial charge in [-0.1, -0.05) is 48.5 Å². The molecule has 0 bridgehead atoms. The van der Waals surface area contributed by atoms with Crippen LogP contribution >= 0.6 is 11.8 Å². The lowest BCUT2D eigenvalue weighted by atomic mass is 10.2. The average molecular weight is 491 g/mol. The molecular formula is C26H26N4O4S. The number of hydrogen-bond donors (Lipinski definition) is 2. The fourth-order valence-electron chi connectivity index (χ4n) is 3.10. The van der Waals surface area contributed by atoms with Crippen LogP contribution in [-0.2, 0) is 16.0 Å². The predicted molar refractivity (Wildman–Crippen MR) is 135 cm³/mol. The number of nitrogens with one attached hydrogen (secondary N) is 1. The molecular weight excluding hydrogens is 464 g/mol. The van der Waals surface area contributed by atoms with Gasteiger partial charge in [-0.2, -0.15) is 0 Å². The first-order chi connectivity index (χ1) is 16.8. The molecule has 3 aromatic rings. The van der Waals surface area contributed by atoms with Crippen LogP contribution in [0.1, 0.15) is 45.4 Å². The van der Waals surface area contributed by atoms with Gasteiger partial charge in [0, 0.05) is 34.3 Å². The van der Waals surface area contributed by atoms with E-state index in [2.05, 4.69) is 15.3 Å². The Morgan fingerprint density at radius 1 is 1.00 bits per heavy atom. The molecule has 1 amide bonds. The molecule has 3 rings (SSSR count). The maximum Gasteiger partial charge on any atom is 0.338 e. The summed E-state index contributed by atoms with van der Waals surface area (Å²) in [5.74, 6) is -0.0177. The lowest BCUT2D eigenvalue weighted by molar-refractivity contribution is -0.119. The van der Waals surface area contributed by atoms with Gasteiger partial charge in [-0.15, -0.1) is 0 Å². The van der Waals surface area contributed by atoms with Gasteiger partial charge in [-0.3, -0.25) is 9.59 Å². The van der Waals surface area contributed by atoms with Gasteiger partial charge in [0.15, 0.2) is 0 Å². The molecule has 2 aromatic carbocycles. The Hall–Kier alpha value is -3.98. The number of aryl methyl sites for hydroxylation is 1. The second-order valence-electron chi connectivity index (χ2n) is 7.61. The SMILES string of the molecule is C/C(NC(=O)Cc1cnc(C)nc1N)=C(/CCOC(=O)c1ccccc1)SC(=O)c1ccccc1. The second-order valence-corrected chi connectivity index (χ2v) is 8.68. The first kappa shape index (κ1) is 25.6. The van der Waals surface area contributed by atoms with Crippen LogP contribution in [0.4, 0.5) is 5.82 Å². The van der Waals surface area contributed by atoms with Crippen LogP contribution < -0.4 is 11.1 Å². The van der Waals surface area contributed by atoms with Gasteiger partial charge >= 0.3 is 5.97 Å². The molecule has 0 atom stereocenters. The van der Waals surface area contributed by atoms with Crippen molar-refractivity contribution in [3.05, 3.63) is 100.0 Å². The van der Waals surface area contributed by atoms with E-state index >= 15 is 0 Å². The van der Waals surface area contributed by atoms with Gasteiger partial charge in [0.05, 0.1) is 18.6 Å². The normalized spacial score (nSPS) is 11.4. The van der Waals surface area contributed by atoms with Gasteiger partial charge < -0.3 is 15.8 Å². The summed E-state index contributed by atoms with van der Waals surface area (Å²) in [7, 11) is 0. The van der Waals surface area contributed by atoms with Crippen LogP contribution in [0.3, 0.4) is 0 Å². The number of ether oxygens (including phenoxy) is 1. The molecule has 1 aromatic heterocycles. The van der Waals surface area contributed by atoms with E-state index in [0.29, 0.717) is 33.1 Å². The Kier molecular flexibility index (Phi) is 9.14. The van der Waals surface area contributed by atoms with Crippen LogP contribution in [0.15, 0.2) is 77.5 Å². The number of carbonyl (C=O) groups excluding carboxylic acids is 3. The van der Waals surface area contributed by atoms with Crippen LogP contribution in [0, 0.1) is 6.92 Å². The summed E-state index contributed by atoms with van der Waals surface area (Å²) in [5.41, 5.74) is 7.86. The van der Waals surface area contributed by atoms with Crippen molar-refractivity contribution in [3.63, 3.8) is 0 Å². The highest BCUT2D eigenvalue weighted by atomic mass is 32.2. The third-order valence-electron chi connectivity index (χ3n) is 4.91. The van der Waals surface area contributed by atoms with Crippen molar-refractivity contribution < 1.29 is 19.1 Å². The van der Waals surface area contributed by atoms with Crippen molar-refractivity contribution in [1.82, 2.24) is 15.3 Å². The lowest BCUT2D eigenvalue weighted by Crippen LogP contribution is -2.25. The zero-order valence-corrected chi connectivity index (χ0v) is 20.3. The number of anilines is 1. The number of thioether (sulfide) groups is 1. The van der Waals surface area contributed by atoms with E-state index in [1.165, 1.54) is 6.20 Å². The minimum atomic E-state index is -0.458. The van der Waals surface area contributed by atoms with E-state index in [4.69, 9.17) is 10.5 Å². The summed E-state index contributed by atoms with van der Waals surface area (Å²) in [4.78, 5) is 46.5. The fourth-order valence-corrected chi connectivity index (χ4v) is 3.97. The molecule has 0 radical (unpaired) electrons. The molecule has 9 heteroatoms. The number of aromatic nitrogens is 2. The molecule has 0 spiro atoms. The Bertz CT molecular complexity index is 1230. The number of benzene rings is 2. The van der Waals surface area contributed by atoms with Crippen LogP contribution in [-0.4, -0.2) is 33.6 Å². The highest BCUT2D eigenvalue weighted by Gasteiger charge is 2.16. The Labute approximate surface area is 208 Å². The second kappa shape index (κ2) is 12.5. The molecule has 35 heavy (non-hydrogen) atoms. The number of rotatable bonds is 9. The summed E-state index contributed by atoms with van der Waals surface area (Å²) in [6.45, 7) is 3.46. The first-order valence-electron chi connectivity index (χ1n) is 10.9. The van der Waals surface area contributed by atoms with E-state index in [0.717, 1.165) is 11.8 Å². The number of nitrogens with zero attached hydrogens (tertiary/aromatic N) is 2. The Balaban J connectivity index is 1.71. The molecule has 180 valence electrons. The number of hydrogen-bond acceptors (Lipinski definition) is 8. The maximum absolute atomic E-state index is 12.8. The number of amides is 1. The van der Waals surface area contributed by atoms with Gasteiger partial charge in [-0.25, -0.2) is 14.8 Å². The predicted octanol–water partition coefficient (Wildman–Crippen LogP) is 4.08. The van der Waals surface area contributed by atoms with E-state index in [9.17, 15) is 14.4 Å². The Morgan fingerprint density at radius 2 is 1.63 bits per heavy atom. The van der Waals surface area contributed by atoms with Gasteiger partial charge in [0.1, 0.15) is 11.6 Å². The van der Waals surface area contributed by atoms with Crippen LogP contribution in [0.2, 0.25) is 0 Å². The van der Waals surface area contributed by atoms with Gasteiger partial charge in [0.25, 0.3) is 0 Å². The number of nitrogen functional groups attached to an aromatic ring is 1. The minimum Gasteiger partial charge on any atom is -0.462 e. The summed E-state index contributed by atoms with van der Waals surface area (Å²) in [5, 5.41) is 2.63. The number of allylic oxidation sites excluding steroid dienone is 1. The molecule has 0 saturated heterocycles. The largest absolute Gasteiger partial charge is 0.462 e.